The lowest BCUT2D eigenvalue weighted by atomic mass is 10.0. The number of hydrogen-bond donors (Lipinski definition) is 1. The number of aromatic nitrogens is 3. The van der Waals surface area contributed by atoms with Gasteiger partial charge in [0.25, 0.3) is 5.56 Å². The fraction of sp³-hybridized carbons (Fsp3) is 0.500. The van der Waals surface area contributed by atoms with Gasteiger partial charge in [-0.25, -0.2) is 9.97 Å². The highest BCUT2D eigenvalue weighted by molar-refractivity contribution is 7.11. The van der Waals surface area contributed by atoms with Gasteiger partial charge in [0.1, 0.15) is 10.8 Å². The second-order valence-corrected chi connectivity index (χ2v) is 9.15. The fourth-order valence-corrected chi connectivity index (χ4v) is 5.89. The molecule has 1 N–H and O–H groups in total. The molecule has 7 heteroatoms. The minimum atomic E-state index is -0.0706. The number of aliphatic hydroxyl groups is 1. The molecule has 6 nitrogen and oxygen atoms in total. The van der Waals surface area contributed by atoms with Gasteiger partial charge >= 0.3 is 0 Å². The number of hydrogen-bond acceptors (Lipinski definition) is 6. The van der Waals surface area contributed by atoms with Crippen LogP contribution in [0, 0.1) is 0 Å². The molecule has 1 fully saturated rings. The number of likely N-dealkylation sites (tertiary alicyclic amines) is 1. The summed E-state index contributed by atoms with van der Waals surface area (Å²) in [7, 11) is 0. The average molecular weight is 411 g/mol. The summed E-state index contributed by atoms with van der Waals surface area (Å²) in [5.74, 6) is 0.779. The van der Waals surface area contributed by atoms with Crippen molar-refractivity contribution in [2.45, 2.75) is 57.7 Å². The highest BCUT2D eigenvalue weighted by Gasteiger charge is 2.31. The van der Waals surface area contributed by atoms with E-state index >= 15 is 0 Å². The normalized spacial score (nSPS) is 19.7. The van der Waals surface area contributed by atoms with Crippen LogP contribution >= 0.6 is 11.3 Å². The van der Waals surface area contributed by atoms with Gasteiger partial charge in [0, 0.05) is 4.88 Å². The van der Waals surface area contributed by atoms with E-state index in [0.29, 0.717) is 5.39 Å². The maximum atomic E-state index is 13.1. The van der Waals surface area contributed by atoms with Crippen LogP contribution in [0.2, 0.25) is 0 Å². The van der Waals surface area contributed by atoms with Crippen molar-refractivity contribution in [2.75, 3.05) is 13.2 Å². The Morgan fingerprint density at radius 1 is 1.14 bits per heavy atom. The van der Waals surface area contributed by atoms with Gasteiger partial charge < -0.3 is 5.11 Å². The number of rotatable bonds is 5. The number of nitrogens with zero attached hydrogens (tertiary/aromatic N) is 4. The maximum Gasteiger partial charge on any atom is 0.261 e. The SMILES string of the molecule is O=c1c2ccccc2nc(C2CCCN2Cc2nc3c(s2)CCCC3)n1CCO. The third-order valence-electron chi connectivity index (χ3n) is 6.10. The van der Waals surface area contributed by atoms with Crippen LogP contribution in [0.3, 0.4) is 0 Å². The number of aliphatic hydroxyl groups excluding tert-OH is 1. The summed E-state index contributed by atoms with van der Waals surface area (Å²) < 4.78 is 1.68. The molecule has 1 atom stereocenters. The van der Waals surface area contributed by atoms with E-state index in [9.17, 15) is 9.90 Å². The summed E-state index contributed by atoms with van der Waals surface area (Å²) in [6.45, 7) is 2.00. The second-order valence-electron chi connectivity index (χ2n) is 7.98. The average Bonchev–Trinajstić information content (AvgIpc) is 3.36. The van der Waals surface area contributed by atoms with Crippen LogP contribution in [0.1, 0.15) is 53.1 Å². The Kier molecular flexibility index (Phi) is 5.20. The van der Waals surface area contributed by atoms with Crippen LogP contribution in [0.25, 0.3) is 10.9 Å². The van der Waals surface area contributed by atoms with Gasteiger partial charge in [-0.05, 0) is 57.2 Å². The lowest BCUT2D eigenvalue weighted by Crippen LogP contribution is -2.32. The molecule has 1 aliphatic carbocycles. The van der Waals surface area contributed by atoms with Crippen molar-refractivity contribution >= 4 is 22.2 Å². The van der Waals surface area contributed by atoms with Gasteiger partial charge in [0.2, 0.25) is 0 Å². The van der Waals surface area contributed by atoms with E-state index in [1.54, 1.807) is 4.57 Å². The number of thiazole rings is 1. The number of aryl methyl sites for hydroxylation is 2. The molecular weight excluding hydrogens is 384 g/mol. The Morgan fingerprint density at radius 2 is 2.00 bits per heavy atom. The van der Waals surface area contributed by atoms with E-state index in [-0.39, 0.29) is 24.8 Å². The molecule has 0 bridgehead atoms. The summed E-state index contributed by atoms with van der Waals surface area (Å²) in [4.78, 5) is 26.8. The molecule has 3 heterocycles. The van der Waals surface area contributed by atoms with Crippen LogP contribution in [0.5, 0.6) is 0 Å². The summed E-state index contributed by atoms with van der Waals surface area (Å²) in [6.07, 6.45) is 6.85. The van der Waals surface area contributed by atoms with Gasteiger partial charge in [-0.3, -0.25) is 14.3 Å². The van der Waals surface area contributed by atoms with Crippen LogP contribution < -0.4 is 5.56 Å². The monoisotopic (exact) mass is 410 g/mol. The Morgan fingerprint density at radius 3 is 2.86 bits per heavy atom. The molecule has 1 aromatic carbocycles. The predicted octanol–water partition coefficient (Wildman–Crippen LogP) is 3.06. The predicted molar refractivity (Wildman–Crippen MR) is 114 cm³/mol. The molecule has 152 valence electrons. The van der Waals surface area contributed by atoms with Crippen molar-refractivity contribution in [3.05, 3.63) is 56.0 Å². The van der Waals surface area contributed by atoms with Crippen molar-refractivity contribution < 1.29 is 5.11 Å². The Labute approximate surface area is 173 Å². The van der Waals surface area contributed by atoms with E-state index in [1.807, 2.05) is 35.6 Å². The summed E-state index contributed by atoms with van der Waals surface area (Å²) in [5.41, 5.74) is 1.97. The molecule has 0 spiro atoms. The third-order valence-corrected chi connectivity index (χ3v) is 7.25. The minimum Gasteiger partial charge on any atom is -0.395 e. The van der Waals surface area contributed by atoms with E-state index in [4.69, 9.17) is 9.97 Å². The molecule has 0 amide bonds. The van der Waals surface area contributed by atoms with Gasteiger partial charge in [-0.1, -0.05) is 12.1 Å². The van der Waals surface area contributed by atoms with E-state index in [2.05, 4.69) is 4.90 Å². The first kappa shape index (κ1) is 18.9. The summed E-state index contributed by atoms with van der Waals surface area (Å²) in [6, 6.07) is 7.58. The molecule has 2 aromatic heterocycles. The molecule has 29 heavy (non-hydrogen) atoms. The quantitative estimate of drug-likeness (QED) is 0.700. The molecule has 3 aromatic rings. The highest BCUT2D eigenvalue weighted by Crippen LogP contribution is 2.34. The molecular formula is C22H26N4O2S. The molecule has 0 saturated carbocycles. The van der Waals surface area contributed by atoms with Crippen molar-refractivity contribution in [1.82, 2.24) is 19.4 Å². The van der Waals surface area contributed by atoms with Gasteiger partial charge in [-0.2, -0.15) is 0 Å². The van der Waals surface area contributed by atoms with Crippen molar-refractivity contribution in [2.24, 2.45) is 0 Å². The Bertz CT molecular complexity index is 1070. The third kappa shape index (κ3) is 3.52. The molecule has 5 rings (SSSR count). The fourth-order valence-electron chi connectivity index (χ4n) is 4.71. The molecule has 1 unspecified atom stereocenters. The lowest BCUT2D eigenvalue weighted by molar-refractivity contribution is 0.223. The van der Waals surface area contributed by atoms with Gasteiger partial charge in [0.15, 0.2) is 0 Å². The van der Waals surface area contributed by atoms with Crippen molar-refractivity contribution in [3.63, 3.8) is 0 Å². The molecule has 1 saturated heterocycles. The largest absolute Gasteiger partial charge is 0.395 e. The molecule has 0 radical (unpaired) electrons. The second kappa shape index (κ2) is 7.97. The number of benzene rings is 1. The highest BCUT2D eigenvalue weighted by atomic mass is 32.1. The standard InChI is InChI=1S/C22H26N4O2S/c27-13-12-26-21(24-16-7-2-1-6-15(16)22(26)28)18-9-5-11-25(18)14-20-23-17-8-3-4-10-19(17)29-20/h1-2,6-7,18,27H,3-5,8-14H2. The van der Waals surface area contributed by atoms with Gasteiger partial charge in [0.05, 0.1) is 42.3 Å². The molecule has 1 aliphatic heterocycles. The maximum absolute atomic E-state index is 13.1. The number of para-hydroxylation sites is 1. The van der Waals surface area contributed by atoms with E-state index in [1.165, 1.54) is 34.8 Å². The summed E-state index contributed by atoms with van der Waals surface area (Å²) in [5, 5.41) is 11.4. The minimum absolute atomic E-state index is 0.0591. The van der Waals surface area contributed by atoms with E-state index in [0.717, 1.165) is 43.7 Å². The van der Waals surface area contributed by atoms with Crippen molar-refractivity contribution in [1.29, 1.82) is 0 Å². The van der Waals surface area contributed by atoms with Gasteiger partial charge in [-0.15, -0.1) is 11.3 Å². The van der Waals surface area contributed by atoms with Crippen LogP contribution in [-0.2, 0) is 25.9 Å². The molecule has 2 aliphatic rings. The zero-order valence-corrected chi connectivity index (χ0v) is 17.3. The van der Waals surface area contributed by atoms with Crippen LogP contribution in [0.15, 0.2) is 29.1 Å². The zero-order valence-electron chi connectivity index (χ0n) is 16.5. The van der Waals surface area contributed by atoms with Crippen LogP contribution in [-0.4, -0.2) is 37.7 Å². The first-order valence-corrected chi connectivity index (χ1v) is 11.4. The van der Waals surface area contributed by atoms with Crippen LogP contribution in [0.4, 0.5) is 0 Å². The van der Waals surface area contributed by atoms with Crippen molar-refractivity contribution in [3.8, 4) is 0 Å². The summed E-state index contributed by atoms with van der Waals surface area (Å²) >= 11 is 1.86. The first-order valence-electron chi connectivity index (χ1n) is 10.6. The Hall–Kier alpha value is -2.09. The first-order chi connectivity index (χ1) is 14.2. The zero-order chi connectivity index (χ0) is 19.8. The number of fused-ring (bicyclic) bond motifs is 2. The topological polar surface area (TPSA) is 71.2 Å². The Balaban J connectivity index is 1.50. The smallest absolute Gasteiger partial charge is 0.261 e. The van der Waals surface area contributed by atoms with E-state index < -0.39 is 0 Å². The lowest BCUT2D eigenvalue weighted by Gasteiger charge is -2.25.